The van der Waals surface area contributed by atoms with E-state index >= 15 is 0 Å². The lowest BCUT2D eigenvalue weighted by molar-refractivity contribution is -0.274. The minimum absolute atomic E-state index is 0.213. The average Bonchev–Trinajstić information content (AvgIpc) is 2.52. The summed E-state index contributed by atoms with van der Waals surface area (Å²) < 4.78 is 40.1. The summed E-state index contributed by atoms with van der Waals surface area (Å²) in [4.78, 5) is 0. The van der Waals surface area contributed by atoms with Gasteiger partial charge in [0.1, 0.15) is 5.75 Å². The first-order chi connectivity index (χ1) is 11.0. The van der Waals surface area contributed by atoms with Crippen molar-refractivity contribution >= 4 is 12.2 Å². The number of alkyl halides is 3. The SMILES string of the molecule is CCCCc1ccc(C=Cc2ccc(OC(F)(F)F)cc2)cc1. The number of rotatable bonds is 6. The van der Waals surface area contributed by atoms with Crippen LogP contribution in [0, 0.1) is 0 Å². The Morgan fingerprint density at radius 2 is 1.39 bits per heavy atom. The predicted octanol–water partition coefficient (Wildman–Crippen LogP) is 6.10. The summed E-state index contributed by atoms with van der Waals surface area (Å²) in [7, 11) is 0. The quantitative estimate of drug-likeness (QED) is 0.584. The maximum atomic E-state index is 12.1. The van der Waals surface area contributed by atoms with E-state index in [9.17, 15) is 13.2 Å². The molecule has 2 aromatic rings. The van der Waals surface area contributed by atoms with Crippen molar-refractivity contribution in [1.29, 1.82) is 0 Å². The van der Waals surface area contributed by atoms with Crippen molar-refractivity contribution in [2.45, 2.75) is 32.5 Å². The molecule has 0 atom stereocenters. The van der Waals surface area contributed by atoms with E-state index in [1.807, 2.05) is 24.3 Å². The zero-order valence-electron chi connectivity index (χ0n) is 12.9. The van der Waals surface area contributed by atoms with Crippen LogP contribution in [0.4, 0.5) is 13.2 Å². The van der Waals surface area contributed by atoms with E-state index < -0.39 is 6.36 Å². The Balaban J connectivity index is 1.97. The van der Waals surface area contributed by atoms with Crippen molar-refractivity contribution in [3.63, 3.8) is 0 Å². The van der Waals surface area contributed by atoms with Crippen LogP contribution in [-0.2, 0) is 6.42 Å². The summed E-state index contributed by atoms with van der Waals surface area (Å²) >= 11 is 0. The highest BCUT2D eigenvalue weighted by Gasteiger charge is 2.30. The van der Waals surface area contributed by atoms with E-state index in [2.05, 4.69) is 23.8 Å². The molecular formula is C19H19F3O. The van der Waals surface area contributed by atoms with Crippen LogP contribution in [-0.4, -0.2) is 6.36 Å². The lowest BCUT2D eigenvalue weighted by Gasteiger charge is -2.08. The van der Waals surface area contributed by atoms with Gasteiger partial charge in [-0.25, -0.2) is 0 Å². The fraction of sp³-hybridized carbons (Fsp3) is 0.263. The first kappa shape index (κ1) is 17.1. The third-order valence-electron chi connectivity index (χ3n) is 3.38. The maximum Gasteiger partial charge on any atom is 0.573 e. The topological polar surface area (TPSA) is 9.23 Å². The molecule has 2 rings (SSSR count). The molecule has 0 unspecified atom stereocenters. The van der Waals surface area contributed by atoms with Crippen molar-refractivity contribution in [3.05, 3.63) is 65.2 Å². The van der Waals surface area contributed by atoms with E-state index in [1.54, 1.807) is 12.1 Å². The molecule has 0 spiro atoms. The number of aryl methyl sites for hydroxylation is 1. The van der Waals surface area contributed by atoms with Gasteiger partial charge in [0.2, 0.25) is 0 Å². The molecule has 1 nitrogen and oxygen atoms in total. The Morgan fingerprint density at radius 1 is 0.870 bits per heavy atom. The zero-order chi connectivity index (χ0) is 16.7. The Kier molecular flexibility index (Phi) is 5.85. The molecule has 0 heterocycles. The molecule has 0 saturated heterocycles. The van der Waals surface area contributed by atoms with Crippen LogP contribution in [0.3, 0.4) is 0 Å². The number of benzene rings is 2. The summed E-state index contributed by atoms with van der Waals surface area (Å²) in [6.45, 7) is 2.17. The largest absolute Gasteiger partial charge is 0.573 e. The second-order valence-corrected chi connectivity index (χ2v) is 5.30. The normalized spacial score (nSPS) is 11.8. The molecule has 0 aromatic heterocycles. The van der Waals surface area contributed by atoms with Gasteiger partial charge in [0.15, 0.2) is 0 Å². The fourth-order valence-electron chi connectivity index (χ4n) is 2.15. The highest BCUT2D eigenvalue weighted by atomic mass is 19.4. The molecule has 0 N–H and O–H groups in total. The minimum atomic E-state index is -4.66. The van der Waals surface area contributed by atoms with Crippen LogP contribution >= 0.6 is 0 Å². The third-order valence-corrected chi connectivity index (χ3v) is 3.38. The van der Waals surface area contributed by atoms with E-state index in [-0.39, 0.29) is 5.75 Å². The van der Waals surface area contributed by atoms with Gasteiger partial charge in [0.05, 0.1) is 0 Å². The maximum absolute atomic E-state index is 12.1. The first-order valence-corrected chi connectivity index (χ1v) is 7.59. The number of hydrogen-bond donors (Lipinski definition) is 0. The van der Waals surface area contributed by atoms with Crippen LogP contribution in [0.25, 0.3) is 12.2 Å². The van der Waals surface area contributed by atoms with E-state index in [4.69, 9.17) is 0 Å². The molecule has 0 fully saturated rings. The van der Waals surface area contributed by atoms with E-state index in [1.165, 1.54) is 30.5 Å². The molecule has 2 aromatic carbocycles. The van der Waals surface area contributed by atoms with Gasteiger partial charge in [-0.3, -0.25) is 0 Å². The van der Waals surface area contributed by atoms with Gasteiger partial charge >= 0.3 is 6.36 Å². The Morgan fingerprint density at radius 3 is 1.87 bits per heavy atom. The Hall–Kier alpha value is -2.23. The molecule has 0 aliphatic rings. The van der Waals surface area contributed by atoms with Crippen LogP contribution in [0.15, 0.2) is 48.5 Å². The summed E-state index contributed by atoms with van der Waals surface area (Å²) in [5.41, 5.74) is 3.19. The van der Waals surface area contributed by atoms with Crippen LogP contribution in [0.5, 0.6) is 5.75 Å². The lowest BCUT2D eigenvalue weighted by Crippen LogP contribution is -2.16. The van der Waals surface area contributed by atoms with E-state index in [0.29, 0.717) is 0 Å². The molecule has 122 valence electrons. The molecule has 23 heavy (non-hydrogen) atoms. The smallest absolute Gasteiger partial charge is 0.406 e. The molecular weight excluding hydrogens is 301 g/mol. The predicted molar refractivity (Wildman–Crippen MR) is 87.1 cm³/mol. The van der Waals surface area contributed by atoms with Gasteiger partial charge in [-0.15, -0.1) is 13.2 Å². The third kappa shape index (κ3) is 6.19. The Bertz CT molecular complexity index is 625. The number of ether oxygens (including phenoxy) is 1. The molecule has 0 aliphatic heterocycles. The van der Waals surface area contributed by atoms with Gasteiger partial charge in [-0.2, -0.15) is 0 Å². The van der Waals surface area contributed by atoms with Crippen LogP contribution < -0.4 is 4.74 Å². The molecule has 4 heteroatoms. The molecule has 0 bridgehead atoms. The van der Waals surface area contributed by atoms with Gasteiger partial charge in [-0.05, 0) is 41.7 Å². The van der Waals surface area contributed by atoms with Gasteiger partial charge < -0.3 is 4.74 Å². The summed E-state index contributed by atoms with van der Waals surface area (Å²) in [6, 6.07) is 14.1. The average molecular weight is 320 g/mol. The minimum Gasteiger partial charge on any atom is -0.406 e. The number of hydrogen-bond acceptors (Lipinski definition) is 1. The highest BCUT2D eigenvalue weighted by Crippen LogP contribution is 2.23. The molecule has 0 saturated carbocycles. The van der Waals surface area contributed by atoms with Gasteiger partial charge in [-0.1, -0.05) is 61.9 Å². The molecule has 0 amide bonds. The second kappa shape index (κ2) is 7.86. The summed E-state index contributed by atoms with van der Waals surface area (Å²) in [5, 5.41) is 0. The van der Waals surface area contributed by atoms with Crippen molar-refractivity contribution in [2.24, 2.45) is 0 Å². The van der Waals surface area contributed by atoms with E-state index in [0.717, 1.165) is 17.5 Å². The van der Waals surface area contributed by atoms with Crippen molar-refractivity contribution in [1.82, 2.24) is 0 Å². The summed E-state index contributed by atoms with van der Waals surface area (Å²) in [5.74, 6) is -0.213. The van der Waals surface area contributed by atoms with Gasteiger partial charge in [0.25, 0.3) is 0 Å². The highest BCUT2D eigenvalue weighted by molar-refractivity contribution is 5.69. The second-order valence-electron chi connectivity index (χ2n) is 5.30. The number of unbranched alkanes of at least 4 members (excludes halogenated alkanes) is 1. The zero-order valence-corrected chi connectivity index (χ0v) is 12.9. The fourth-order valence-corrected chi connectivity index (χ4v) is 2.15. The lowest BCUT2D eigenvalue weighted by atomic mass is 10.1. The summed E-state index contributed by atoms with van der Waals surface area (Å²) in [6.07, 6.45) is 2.58. The van der Waals surface area contributed by atoms with Crippen molar-refractivity contribution in [3.8, 4) is 5.75 Å². The molecule has 0 aliphatic carbocycles. The van der Waals surface area contributed by atoms with Gasteiger partial charge in [0, 0.05) is 0 Å². The number of halogens is 3. The van der Waals surface area contributed by atoms with Crippen molar-refractivity contribution in [2.75, 3.05) is 0 Å². The van der Waals surface area contributed by atoms with Crippen molar-refractivity contribution < 1.29 is 17.9 Å². The Labute approximate surface area is 134 Å². The standard InChI is InChI=1S/C19H19F3O/c1-2-3-4-15-5-7-16(8-6-15)9-10-17-11-13-18(14-12-17)23-19(20,21)22/h5-14H,2-4H2,1H3. The van der Waals surface area contributed by atoms with Crippen LogP contribution in [0.1, 0.15) is 36.5 Å². The van der Waals surface area contributed by atoms with Crippen LogP contribution in [0.2, 0.25) is 0 Å². The monoisotopic (exact) mass is 320 g/mol. The molecule has 0 radical (unpaired) electrons. The first-order valence-electron chi connectivity index (χ1n) is 7.59.